The zero-order valence-corrected chi connectivity index (χ0v) is 19.7. The number of nitrogens with zero attached hydrogens (tertiary/aromatic N) is 4. The van der Waals surface area contributed by atoms with E-state index in [9.17, 15) is 9.18 Å². The number of anilines is 2. The van der Waals surface area contributed by atoms with E-state index in [0.29, 0.717) is 25.2 Å². The van der Waals surface area contributed by atoms with E-state index in [2.05, 4.69) is 10.2 Å². The highest BCUT2D eigenvalue weighted by Gasteiger charge is 2.28. The maximum atomic E-state index is 14.4. The quantitative estimate of drug-likeness (QED) is 0.497. The van der Waals surface area contributed by atoms with Gasteiger partial charge in [-0.1, -0.05) is 12.1 Å². The van der Waals surface area contributed by atoms with E-state index in [0.717, 1.165) is 33.9 Å². The van der Waals surface area contributed by atoms with Gasteiger partial charge in [-0.3, -0.25) is 0 Å². The van der Waals surface area contributed by atoms with Gasteiger partial charge in [0.2, 0.25) is 0 Å². The van der Waals surface area contributed by atoms with Gasteiger partial charge in [0.05, 0.1) is 17.9 Å². The lowest BCUT2D eigenvalue weighted by atomic mass is 10.0. The molecule has 172 valence electrons. The molecule has 33 heavy (non-hydrogen) atoms. The van der Waals surface area contributed by atoms with Crippen molar-refractivity contribution < 1.29 is 13.9 Å². The molecule has 1 aliphatic rings. The Morgan fingerprint density at radius 3 is 2.45 bits per heavy atom. The number of halogens is 1. The molecule has 4 rings (SSSR count). The second-order valence-corrected chi connectivity index (χ2v) is 9.39. The summed E-state index contributed by atoms with van der Waals surface area (Å²) in [5.41, 5.74) is 5.10. The Morgan fingerprint density at radius 2 is 1.79 bits per heavy atom. The Kier molecular flexibility index (Phi) is 6.06. The predicted molar refractivity (Wildman–Crippen MR) is 127 cm³/mol. The smallest absolute Gasteiger partial charge is 0.410 e. The fourth-order valence-electron chi connectivity index (χ4n) is 3.81. The topological polar surface area (TPSA) is 58.6 Å². The average Bonchev–Trinajstić information content (AvgIpc) is 2.94. The van der Waals surface area contributed by atoms with Crippen LogP contribution in [-0.2, 0) is 11.3 Å². The molecule has 0 atom stereocenters. The normalized spacial score (nSPS) is 14.0. The summed E-state index contributed by atoms with van der Waals surface area (Å²) in [6, 6.07) is 15.1. The number of amides is 1. The molecule has 0 spiro atoms. The van der Waals surface area contributed by atoms with Crippen molar-refractivity contribution in [3.8, 4) is 11.3 Å². The largest absolute Gasteiger partial charge is 0.444 e. The Balaban J connectivity index is 1.76. The number of carbonyl (C=O) groups excluding carboxylic acids is 1. The van der Waals surface area contributed by atoms with Crippen LogP contribution in [0.25, 0.3) is 11.3 Å². The van der Waals surface area contributed by atoms with Crippen LogP contribution in [0.3, 0.4) is 0 Å². The molecule has 2 heterocycles. The van der Waals surface area contributed by atoms with E-state index in [1.165, 1.54) is 0 Å². The molecule has 7 heteroatoms. The van der Waals surface area contributed by atoms with Crippen LogP contribution in [0.5, 0.6) is 0 Å². The molecule has 0 saturated carbocycles. The summed E-state index contributed by atoms with van der Waals surface area (Å²) in [4.78, 5) is 16.7. The van der Waals surface area contributed by atoms with Crippen LogP contribution in [0.2, 0.25) is 0 Å². The van der Waals surface area contributed by atoms with Crippen molar-refractivity contribution in [1.82, 2.24) is 15.1 Å². The lowest BCUT2D eigenvalue weighted by molar-refractivity contribution is 0.0244. The number of hydrogen-bond donors (Lipinski definition) is 0. The average molecular weight is 449 g/mol. The Labute approximate surface area is 194 Å². The molecular formula is C26H29FN4O2. The van der Waals surface area contributed by atoms with E-state index in [4.69, 9.17) is 4.74 Å². The molecular weight excluding hydrogens is 419 g/mol. The van der Waals surface area contributed by atoms with Crippen LogP contribution in [-0.4, -0.2) is 39.9 Å². The molecule has 1 aromatic heterocycles. The molecule has 0 saturated heterocycles. The number of aryl methyl sites for hydroxylation is 2. The number of rotatable bonds is 2. The fraction of sp³-hybridized carbons (Fsp3) is 0.346. The first kappa shape index (κ1) is 22.7. The van der Waals surface area contributed by atoms with Gasteiger partial charge in [-0.2, -0.15) is 10.2 Å². The van der Waals surface area contributed by atoms with Crippen LogP contribution < -0.4 is 4.90 Å². The Morgan fingerprint density at radius 1 is 1.00 bits per heavy atom. The van der Waals surface area contributed by atoms with Crippen LogP contribution in [0.4, 0.5) is 20.6 Å². The van der Waals surface area contributed by atoms with Crippen molar-refractivity contribution in [2.24, 2.45) is 0 Å². The number of carbonyl (C=O) groups is 1. The highest BCUT2D eigenvalue weighted by atomic mass is 19.1. The van der Waals surface area contributed by atoms with Gasteiger partial charge in [-0.25, -0.2) is 9.18 Å². The summed E-state index contributed by atoms with van der Waals surface area (Å²) in [6.45, 7) is 10.5. The van der Waals surface area contributed by atoms with Gasteiger partial charge in [0.25, 0.3) is 0 Å². The van der Waals surface area contributed by atoms with E-state index < -0.39 is 5.60 Å². The van der Waals surface area contributed by atoms with E-state index in [-0.39, 0.29) is 11.9 Å². The van der Waals surface area contributed by atoms with Gasteiger partial charge in [0, 0.05) is 30.0 Å². The first-order chi connectivity index (χ1) is 15.6. The van der Waals surface area contributed by atoms with Gasteiger partial charge in [-0.15, -0.1) is 0 Å². The highest BCUT2D eigenvalue weighted by Crippen LogP contribution is 2.35. The minimum Gasteiger partial charge on any atom is -0.444 e. The third-order valence-corrected chi connectivity index (χ3v) is 5.54. The minimum absolute atomic E-state index is 0.256. The van der Waals surface area contributed by atoms with Crippen LogP contribution in [0.1, 0.15) is 37.6 Å². The van der Waals surface area contributed by atoms with Gasteiger partial charge in [0.15, 0.2) is 0 Å². The number of hydrogen-bond acceptors (Lipinski definition) is 5. The van der Waals surface area contributed by atoms with Crippen molar-refractivity contribution in [3.63, 3.8) is 0 Å². The van der Waals surface area contributed by atoms with Gasteiger partial charge >= 0.3 is 6.09 Å². The second kappa shape index (κ2) is 8.81. The fourth-order valence-corrected chi connectivity index (χ4v) is 3.81. The van der Waals surface area contributed by atoms with Crippen LogP contribution in [0.15, 0.2) is 48.5 Å². The predicted octanol–water partition coefficient (Wildman–Crippen LogP) is 5.79. The lowest BCUT2D eigenvalue weighted by Crippen LogP contribution is -2.38. The molecule has 0 N–H and O–H groups in total. The summed E-state index contributed by atoms with van der Waals surface area (Å²) in [5.74, 6) is -0.256. The summed E-state index contributed by atoms with van der Waals surface area (Å²) in [6.07, 6.45) is -0.370. The van der Waals surface area contributed by atoms with E-state index in [1.807, 2.05) is 69.0 Å². The van der Waals surface area contributed by atoms with Crippen LogP contribution in [0, 0.1) is 19.7 Å². The number of benzene rings is 2. The van der Waals surface area contributed by atoms with Crippen molar-refractivity contribution >= 4 is 17.5 Å². The summed E-state index contributed by atoms with van der Waals surface area (Å²) in [7, 11) is 0. The summed E-state index contributed by atoms with van der Waals surface area (Å²) >= 11 is 0. The highest BCUT2D eigenvalue weighted by molar-refractivity contribution is 5.75. The van der Waals surface area contributed by atoms with Gasteiger partial charge in [0.1, 0.15) is 11.4 Å². The van der Waals surface area contributed by atoms with Crippen molar-refractivity contribution in [1.29, 1.82) is 0 Å². The lowest BCUT2D eigenvalue weighted by Gasteiger charge is -2.27. The van der Waals surface area contributed by atoms with Gasteiger partial charge < -0.3 is 14.5 Å². The molecule has 0 bridgehead atoms. The molecule has 2 aromatic carbocycles. The molecule has 6 nitrogen and oxygen atoms in total. The van der Waals surface area contributed by atoms with Crippen LogP contribution >= 0.6 is 0 Å². The molecule has 0 radical (unpaired) electrons. The Hall–Kier alpha value is -3.48. The minimum atomic E-state index is -0.592. The van der Waals surface area contributed by atoms with Crippen molar-refractivity contribution in [2.75, 3.05) is 18.0 Å². The number of ether oxygens (including phenoxy) is 1. The zero-order valence-electron chi connectivity index (χ0n) is 19.7. The van der Waals surface area contributed by atoms with Gasteiger partial charge in [-0.05, 0) is 82.1 Å². The monoisotopic (exact) mass is 448 g/mol. The third kappa shape index (κ3) is 5.13. The molecule has 0 fully saturated rings. The summed E-state index contributed by atoms with van der Waals surface area (Å²) in [5, 5.41) is 8.47. The van der Waals surface area contributed by atoms with E-state index in [1.54, 1.807) is 24.0 Å². The number of fused-ring (bicyclic) bond motifs is 1. The third-order valence-electron chi connectivity index (χ3n) is 5.54. The summed E-state index contributed by atoms with van der Waals surface area (Å²) < 4.78 is 20.0. The SMILES string of the molecule is Cc1ccc(-c2ccc3c(c2)CN(C(=O)OC(C)(C)C)CCN3c2ccc(C)c(F)c2)nn1. The Bertz CT molecular complexity index is 1170. The maximum Gasteiger partial charge on any atom is 0.410 e. The molecule has 1 amide bonds. The molecule has 0 aliphatic carbocycles. The van der Waals surface area contributed by atoms with Crippen molar-refractivity contribution in [3.05, 3.63) is 71.2 Å². The first-order valence-corrected chi connectivity index (χ1v) is 11.1. The molecule has 3 aromatic rings. The first-order valence-electron chi connectivity index (χ1n) is 11.1. The molecule has 0 unspecified atom stereocenters. The zero-order chi connectivity index (χ0) is 23.8. The second-order valence-electron chi connectivity index (χ2n) is 9.39. The van der Waals surface area contributed by atoms with Crippen molar-refractivity contribution in [2.45, 2.75) is 46.8 Å². The maximum absolute atomic E-state index is 14.4. The number of aromatic nitrogens is 2. The molecule has 1 aliphatic heterocycles. The van der Waals surface area contributed by atoms with E-state index >= 15 is 0 Å². The standard InChI is InChI=1S/C26H29FN4O2/c1-17-6-9-21(15-22(17)27)31-13-12-30(25(32)33-26(3,4)5)16-20-14-19(8-11-24(20)31)23-10-7-18(2)28-29-23/h6-11,14-15H,12-13,16H2,1-5H3.